The third kappa shape index (κ3) is 12.9. The van der Waals surface area contributed by atoms with Gasteiger partial charge in [-0.2, -0.15) is 0 Å². The molecule has 0 saturated carbocycles. The monoisotopic (exact) mass is 733 g/mol. The molecule has 0 bridgehead atoms. The van der Waals surface area contributed by atoms with E-state index in [9.17, 15) is 32.4 Å². The normalized spacial score (nSPS) is 12.6. The van der Waals surface area contributed by atoms with Crippen LogP contribution in [0.15, 0.2) is 34.2 Å². The van der Waals surface area contributed by atoms with E-state index in [1.54, 1.807) is 52.0 Å². The zero-order valence-corrected chi connectivity index (χ0v) is 30.4. The van der Waals surface area contributed by atoms with Crippen LogP contribution in [-0.4, -0.2) is 82.5 Å². The van der Waals surface area contributed by atoms with Crippen LogP contribution in [0.25, 0.3) is 0 Å². The molecule has 0 aromatic heterocycles. The summed E-state index contributed by atoms with van der Waals surface area (Å²) in [6, 6.07) is 4.85. The Bertz CT molecular complexity index is 1760. The minimum Gasteiger partial charge on any atom is -0.496 e. The van der Waals surface area contributed by atoms with Crippen molar-refractivity contribution < 1.29 is 47.0 Å². The Labute approximate surface area is 297 Å². The molecule has 0 spiro atoms. The van der Waals surface area contributed by atoms with Gasteiger partial charge in [-0.1, -0.05) is 12.1 Å². The molecule has 2 atom stereocenters. The van der Waals surface area contributed by atoms with E-state index < -0.39 is 64.3 Å². The molecule has 2 aromatic rings. The molecule has 0 fully saturated rings. The maximum atomic E-state index is 13.1. The van der Waals surface area contributed by atoms with Gasteiger partial charge in [-0.15, -0.1) is 0 Å². The molecule has 0 aliphatic carbocycles. The van der Waals surface area contributed by atoms with Crippen LogP contribution >= 0.6 is 0 Å². The number of carboxylic acids is 1. The molecule has 0 radical (unpaired) electrons. The summed E-state index contributed by atoms with van der Waals surface area (Å²) in [4.78, 5) is 64.8. The van der Waals surface area contributed by atoms with Crippen LogP contribution in [0.4, 0.5) is 5.69 Å². The lowest BCUT2D eigenvalue weighted by Gasteiger charge is -2.18. The van der Waals surface area contributed by atoms with Gasteiger partial charge in [0.05, 0.1) is 25.5 Å². The minimum absolute atomic E-state index is 0.0133. The number of carbonyl (C=O) groups is 5. The molecule has 0 aliphatic heterocycles. The number of aliphatic carboxylic acids is 1. The summed E-state index contributed by atoms with van der Waals surface area (Å²) in [5.74, 6) is -3.55. The third-order valence-electron chi connectivity index (χ3n) is 7.86. The number of rotatable bonds is 18. The summed E-state index contributed by atoms with van der Waals surface area (Å²) >= 11 is 0. The number of aliphatic imine (C=N–C) groups is 1. The lowest BCUT2D eigenvalue weighted by Crippen LogP contribution is -2.48. The number of nitrogens with zero attached hydrogens (tertiary/aromatic N) is 1. The number of ether oxygens (including phenoxy) is 2. The van der Waals surface area contributed by atoms with Gasteiger partial charge in [-0.3, -0.25) is 29.0 Å². The molecule has 0 aliphatic rings. The second kappa shape index (κ2) is 19.2. The van der Waals surface area contributed by atoms with E-state index in [0.29, 0.717) is 39.3 Å². The largest absolute Gasteiger partial charge is 0.496 e. The van der Waals surface area contributed by atoms with Crippen molar-refractivity contribution in [2.24, 2.45) is 16.5 Å². The second-order valence-electron chi connectivity index (χ2n) is 11.7. The number of hydrogen-bond donors (Lipinski definition) is 7. The van der Waals surface area contributed by atoms with Gasteiger partial charge in [0.25, 0.3) is 10.0 Å². The number of aryl methyl sites for hydroxylation is 2. The average molecular weight is 734 g/mol. The SMILES string of the molecule is COC(=O)C[C@H](N)c1ccc(C)c(NC(=O)CCC(=O)N[C@@H](CCCN=C(N)NS(=O)(=O)c2c(C)cc(OC)c(C)c2C)C(=O)NCC(=O)O)c1. The predicted octanol–water partition coefficient (Wildman–Crippen LogP) is 0.969. The van der Waals surface area contributed by atoms with Crippen LogP contribution in [0.2, 0.25) is 0 Å². The molecule has 51 heavy (non-hydrogen) atoms. The van der Waals surface area contributed by atoms with Crippen molar-refractivity contribution in [1.82, 2.24) is 15.4 Å². The van der Waals surface area contributed by atoms with Crippen molar-refractivity contribution in [3.8, 4) is 5.75 Å². The molecular weight excluding hydrogens is 686 g/mol. The van der Waals surface area contributed by atoms with E-state index >= 15 is 0 Å². The molecule has 0 unspecified atom stereocenters. The minimum atomic E-state index is -4.11. The van der Waals surface area contributed by atoms with Crippen molar-refractivity contribution in [1.29, 1.82) is 0 Å². The van der Waals surface area contributed by atoms with Crippen molar-refractivity contribution in [2.75, 3.05) is 32.6 Å². The number of hydrogen-bond acceptors (Lipinski definition) is 11. The van der Waals surface area contributed by atoms with Gasteiger partial charge >= 0.3 is 11.9 Å². The van der Waals surface area contributed by atoms with Gasteiger partial charge < -0.3 is 42.0 Å². The van der Waals surface area contributed by atoms with E-state index in [0.717, 1.165) is 0 Å². The standard InChI is InChI=1S/C33H47N7O10S/c1-18-9-10-22(23(34)16-30(45)50-6)15-25(18)39-28(42)12-11-27(41)38-24(32(46)37-17-29(43)44)8-7-13-36-33(35)40-51(47,48)31-19(2)14-26(49-5)20(3)21(31)4/h9-10,14-15,23-24H,7-8,11-13,16-17,34H2,1-6H3,(H,37,46)(H,38,41)(H,39,42)(H,43,44)(H3,35,36,40)/t23-,24-/m0/s1. The molecule has 2 aromatic carbocycles. The average Bonchev–Trinajstić information content (AvgIpc) is 3.06. The fraction of sp³-hybridized carbons (Fsp3) is 0.455. The van der Waals surface area contributed by atoms with E-state index in [4.69, 9.17) is 21.3 Å². The topological polar surface area (TPSA) is 271 Å². The summed E-state index contributed by atoms with van der Waals surface area (Å²) < 4.78 is 38.4. The number of carboxylic acid groups (broad SMARTS) is 1. The number of benzene rings is 2. The molecule has 0 saturated heterocycles. The van der Waals surface area contributed by atoms with Gasteiger partial charge in [0.1, 0.15) is 18.3 Å². The summed E-state index contributed by atoms with van der Waals surface area (Å²) in [7, 11) is -1.37. The second-order valence-corrected chi connectivity index (χ2v) is 13.3. The molecule has 9 N–H and O–H groups in total. The Balaban J connectivity index is 2.02. The van der Waals surface area contributed by atoms with Crippen molar-refractivity contribution in [3.05, 3.63) is 52.1 Å². The van der Waals surface area contributed by atoms with Crippen molar-refractivity contribution in [3.63, 3.8) is 0 Å². The highest BCUT2D eigenvalue weighted by Gasteiger charge is 2.24. The maximum absolute atomic E-state index is 13.1. The Morgan fingerprint density at radius 3 is 2.25 bits per heavy atom. The summed E-state index contributed by atoms with van der Waals surface area (Å²) in [5.41, 5.74) is 15.3. The lowest BCUT2D eigenvalue weighted by molar-refractivity contribution is -0.141. The fourth-order valence-corrected chi connectivity index (χ4v) is 6.49. The number of anilines is 1. The molecule has 3 amide bonds. The molecular formula is C33H47N7O10S. The quantitative estimate of drug-likeness (QED) is 0.0489. The Morgan fingerprint density at radius 1 is 0.961 bits per heavy atom. The first-order valence-corrected chi connectivity index (χ1v) is 17.4. The van der Waals surface area contributed by atoms with Crippen LogP contribution < -0.4 is 36.9 Å². The van der Waals surface area contributed by atoms with Gasteiger partial charge in [0.2, 0.25) is 23.7 Å². The lowest BCUT2D eigenvalue weighted by atomic mass is 10.0. The Hall–Kier alpha value is -5.23. The maximum Gasteiger partial charge on any atom is 0.322 e. The van der Waals surface area contributed by atoms with Crippen LogP contribution in [0.5, 0.6) is 5.75 Å². The fourth-order valence-electron chi connectivity index (χ4n) is 5.01. The zero-order valence-electron chi connectivity index (χ0n) is 29.5. The van der Waals surface area contributed by atoms with Crippen LogP contribution in [0.3, 0.4) is 0 Å². The zero-order chi connectivity index (χ0) is 38.5. The number of carbonyl (C=O) groups excluding carboxylic acids is 4. The third-order valence-corrected chi connectivity index (χ3v) is 9.51. The van der Waals surface area contributed by atoms with Crippen molar-refractivity contribution in [2.45, 2.75) is 76.8 Å². The van der Waals surface area contributed by atoms with E-state index in [-0.39, 0.29) is 43.5 Å². The number of esters is 1. The highest BCUT2D eigenvalue weighted by Crippen LogP contribution is 2.30. The number of nitrogens with two attached hydrogens (primary N) is 2. The Morgan fingerprint density at radius 2 is 1.63 bits per heavy atom. The summed E-state index contributed by atoms with van der Waals surface area (Å²) in [6.45, 7) is 6.03. The highest BCUT2D eigenvalue weighted by molar-refractivity contribution is 7.90. The predicted molar refractivity (Wildman–Crippen MR) is 188 cm³/mol. The van der Waals surface area contributed by atoms with E-state index in [2.05, 4.69) is 30.4 Å². The molecule has 0 heterocycles. The molecule has 17 nitrogen and oxygen atoms in total. The summed E-state index contributed by atoms with van der Waals surface area (Å²) in [5, 5.41) is 16.4. The van der Waals surface area contributed by atoms with Gasteiger partial charge in [-0.05, 0) is 80.5 Å². The van der Waals surface area contributed by atoms with Gasteiger partial charge in [0.15, 0.2) is 0 Å². The molecule has 18 heteroatoms. The number of methoxy groups -OCH3 is 2. The number of nitrogens with one attached hydrogen (secondary N) is 4. The van der Waals surface area contributed by atoms with Gasteiger partial charge in [0, 0.05) is 31.1 Å². The molecule has 280 valence electrons. The first-order chi connectivity index (χ1) is 23.9. The van der Waals surface area contributed by atoms with E-state index in [1.807, 2.05) is 0 Å². The summed E-state index contributed by atoms with van der Waals surface area (Å²) in [6.07, 6.45) is -0.481. The number of sulfonamides is 1. The Kier molecular flexibility index (Phi) is 15.8. The number of guanidine groups is 1. The molecule has 2 rings (SSSR count). The van der Waals surface area contributed by atoms with Crippen LogP contribution in [0.1, 0.15) is 66.0 Å². The first-order valence-electron chi connectivity index (χ1n) is 15.9. The smallest absolute Gasteiger partial charge is 0.322 e. The van der Waals surface area contributed by atoms with E-state index in [1.165, 1.54) is 14.2 Å². The van der Waals surface area contributed by atoms with Gasteiger partial charge in [-0.25, -0.2) is 13.1 Å². The first kappa shape index (κ1) is 41.9. The van der Waals surface area contributed by atoms with Crippen LogP contribution in [0, 0.1) is 27.7 Å². The number of amides is 3. The highest BCUT2D eigenvalue weighted by atomic mass is 32.2. The van der Waals surface area contributed by atoms with Crippen LogP contribution in [-0.2, 0) is 38.7 Å². The van der Waals surface area contributed by atoms with Crippen molar-refractivity contribution >= 4 is 51.3 Å².